The van der Waals surface area contributed by atoms with Crippen LogP contribution in [0.1, 0.15) is 45.4 Å². The van der Waals surface area contributed by atoms with Crippen molar-refractivity contribution in [2.75, 3.05) is 6.61 Å². The standard InChI is InChI=1S/C10H21O7P/c1-2-3-4-5-6-7-8-17-10(13,9(11)12)18(14,15)16/h13H,2-8H2,1H3,(H,11,12)(H2,14,15,16). The third-order valence-corrected chi connectivity index (χ3v) is 3.58. The van der Waals surface area contributed by atoms with Crippen molar-refractivity contribution in [3.63, 3.8) is 0 Å². The predicted octanol–water partition coefficient (Wildman–Crippen LogP) is 1.27. The number of ether oxygens (including phenoxy) is 1. The van der Waals surface area contributed by atoms with E-state index >= 15 is 0 Å². The zero-order valence-electron chi connectivity index (χ0n) is 10.4. The van der Waals surface area contributed by atoms with Gasteiger partial charge in [-0.25, -0.2) is 4.79 Å². The van der Waals surface area contributed by atoms with Crippen molar-refractivity contribution >= 4 is 13.6 Å². The molecule has 0 fully saturated rings. The number of carbonyl (C=O) groups is 1. The smallest absolute Gasteiger partial charge is 0.396 e. The van der Waals surface area contributed by atoms with Crippen molar-refractivity contribution in [3.8, 4) is 0 Å². The number of carboxylic acids is 1. The molecule has 0 aromatic rings. The van der Waals surface area contributed by atoms with E-state index < -0.39 is 19.1 Å². The van der Waals surface area contributed by atoms with E-state index in [4.69, 9.17) is 14.9 Å². The van der Waals surface area contributed by atoms with Gasteiger partial charge in [-0.1, -0.05) is 39.0 Å². The van der Waals surface area contributed by atoms with Crippen LogP contribution in [0.2, 0.25) is 0 Å². The lowest BCUT2D eigenvalue weighted by Crippen LogP contribution is -2.41. The molecule has 0 amide bonds. The second kappa shape index (κ2) is 7.86. The van der Waals surface area contributed by atoms with E-state index in [0.717, 1.165) is 32.1 Å². The second-order valence-corrected chi connectivity index (χ2v) is 5.77. The monoisotopic (exact) mass is 284 g/mol. The molecule has 1 atom stereocenters. The Labute approximate surface area is 106 Å². The Morgan fingerprint density at radius 2 is 1.67 bits per heavy atom. The van der Waals surface area contributed by atoms with E-state index in [1.165, 1.54) is 0 Å². The van der Waals surface area contributed by atoms with Crippen LogP contribution in [-0.4, -0.2) is 38.1 Å². The largest absolute Gasteiger partial charge is 0.477 e. The maximum atomic E-state index is 10.8. The van der Waals surface area contributed by atoms with E-state index in [0.29, 0.717) is 6.42 Å². The van der Waals surface area contributed by atoms with Crippen LogP contribution in [0.5, 0.6) is 0 Å². The highest BCUT2D eigenvalue weighted by atomic mass is 31.2. The molecule has 0 saturated heterocycles. The Kier molecular flexibility index (Phi) is 7.66. The van der Waals surface area contributed by atoms with Crippen LogP contribution in [0.15, 0.2) is 0 Å². The first-order valence-corrected chi connectivity index (χ1v) is 7.52. The minimum atomic E-state index is -5.28. The fourth-order valence-corrected chi connectivity index (χ4v) is 1.88. The van der Waals surface area contributed by atoms with Gasteiger partial charge in [0.2, 0.25) is 0 Å². The molecule has 4 N–H and O–H groups in total. The van der Waals surface area contributed by atoms with Crippen molar-refractivity contribution in [2.24, 2.45) is 0 Å². The van der Waals surface area contributed by atoms with Gasteiger partial charge in [-0.3, -0.25) is 4.57 Å². The molecule has 1 unspecified atom stereocenters. The zero-order chi connectivity index (χ0) is 14.2. The van der Waals surface area contributed by atoms with Crippen LogP contribution in [0.4, 0.5) is 0 Å². The average Bonchev–Trinajstić information content (AvgIpc) is 2.25. The Morgan fingerprint density at radius 3 is 2.11 bits per heavy atom. The molecule has 0 spiro atoms. The predicted molar refractivity (Wildman–Crippen MR) is 64.0 cm³/mol. The molecule has 0 aliphatic heterocycles. The summed E-state index contributed by atoms with van der Waals surface area (Å²) in [5, 5.41) is 17.9. The topological polar surface area (TPSA) is 124 Å². The lowest BCUT2D eigenvalue weighted by molar-refractivity contribution is -0.196. The molecule has 0 heterocycles. The van der Waals surface area contributed by atoms with E-state index in [9.17, 15) is 14.5 Å². The number of aliphatic hydroxyl groups is 1. The summed E-state index contributed by atoms with van der Waals surface area (Å²) in [7, 11) is -5.28. The van der Waals surface area contributed by atoms with Crippen molar-refractivity contribution < 1.29 is 34.1 Å². The van der Waals surface area contributed by atoms with Crippen LogP contribution in [0, 0.1) is 0 Å². The number of hydrogen-bond acceptors (Lipinski definition) is 4. The number of carboxylic acid groups (broad SMARTS) is 1. The summed E-state index contributed by atoms with van der Waals surface area (Å²) in [6, 6.07) is 0. The molecule has 0 radical (unpaired) electrons. The van der Waals surface area contributed by atoms with Gasteiger partial charge in [0.25, 0.3) is 0 Å². The summed E-state index contributed by atoms with van der Waals surface area (Å²) in [4.78, 5) is 28.1. The van der Waals surface area contributed by atoms with Gasteiger partial charge in [0.15, 0.2) is 0 Å². The van der Waals surface area contributed by atoms with Crippen LogP contribution >= 0.6 is 7.60 Å². The molecule has 0 aromatic heterocycles. The van der Waals surface area contributed by atoms with Gasteiger partial charge in [0, 0.05) is 0 Å². The molecule has 108 valence electrons. The molecule has 0 aliphatic carbocycles. The number of rotatable bonds is 10. The molecule has 7 nitrogen and oxygen atoms in total. The number of unbranched alkanes of at least 4 members (excludes halogenated alkanes) is 5. The van der Waals surface area contributed by atoms with Crippen molar-refractivity contribution in [1.82, 2.24) is 0 Å². The molecular weight excluding hydrogens is 263 g/mol. The highest BCUT2D eigenvalue weighted by Crippen LogP contribution is 2.49. The first-order valence-electron chi connectivity index (χ1n) is 5.91. The summed E-state index contributed by atoms with van der Waals surface area (Å²) in [6.07, 6.45) is 5.42. The third kappa shape index (κ3) is 5.46. The first kappa shape index (κ1) is 17.5. The quantitative estimate of drug-likeness (QED) is 0.270. The molecule has 8 heteroatoms. The Balaban J connectivity index is 4.01. The average molecular weight is 284 g/mol. The first-order chi connectivity index (χ1) is 8.25. The fourth-order valence-electron chi connectivity index (χ4n) is 1.37. The van der Waals surface area contributed by atoms with E-state index in [-0.39, 0.29) is 6.61 Å². The Morgan fingerprint density at radius 1 is 1.17 bits per heavy atom. The van der Waals surface area contributed by atoms with Crippen molar-refractivity contribution in [3.05, 3.63) is 0 Å². The summed E-state index contributed by atoms with van der Waals surface area (Å²) in [6.45, 7) is 1.87. The van der Waals surface area contributed by atoms with Crippen molar-refractivity contribution in [1.29, 1.82) is 0 Å². The summed E-state index contributed by atoms with van der Waals surface area (Å²) in [5.41, 5.74) is -3.43. The van der Waals surface area contributed by atoms with Gasteiger partial charge in [-0.2, -0.15) is 0 Å². The number of aliphatic carboxylic acids is 1. The highest BCUT2D eigenvalue weighted by Gasteiger charge is 2.54. The molecule has 0 bridgehead atoms. The van der Waals surface area contributed by atoms with Gasteiger partial charge < -0.3 is 24.7 Å². The normalized spacial score (nSPS) is 15.3. The van der Waals surface area contributed by atoms with E-state index in [1.54, 1.807) is 0 Å². The maximum absolute atomic E-state index is 10.8. The van der Waals surface area contributed by atoms with Gasteiger partial charge in [0.1, 0.15) is 0 Å². The molecular formula is C10H21O7P. The fraction of sp³-hybridized carbons (Fsp3) is 0.900. The van der Waals surface area contributed by atoms with Crippen LogP contribution in [0.3, 0.4) is 0 Å². The van der Waals surface area contributed by atoms with Crippen LogP contribution < -0.4 is 0 Å². The van der Waals surface area contributed by atoms with Gasteiger partial charge in [-0.15, -0.1) is 0 Å². The molecule has 0 aliphatic rings. The molecule has 18 heavy (non-hydrogen) atoms. The summed E-state index contributed by atoms with van der Waals surface area (Å²) < 4.78 is 15.3. The minimum absolute atomic E-state index is 0.208. The maximum Gasteiger partial charge on any atom is 0.396 e. The van der Waals surface area contributed by atoms with Gasteiger partial charge >= 0.3 is 19.1 Å². The summed E-state index contributed by atoms with van der Waals surface area (Å²) >= 11 is 0. The Bertz CT molecular complexity index is 301. The molecule has 0 rings (SSSR count). The zero-order valence-corrected chi connectivity index (χ0v) is 11.3. The summed E-state index contributed by atoms with van der Waals surface area (Å²) in [5.74, 6) is -2.08. The van der Waals surface area contributed by atoms with E-state index in [1.807, 2.05) is 0 Å². The third-order valence-electron chi connectivity index (χ3n) is 2.47. The van der Waals surface area contributed by atoms with E-state index in [2.05, 4.69) is 11.7 Å². The SMILES string of the molecule is CCCCCCCCOC(O)(C(=O)O)P(=O)(O)O. The minimum Gasteiger partial charge on any atom is -0.477 e. The van der Waals surface area contributed by atoms with Gasteiger partial charge in [-0.05, 0) is 6.42 Å². The van der Waals surface area contributed by atoms with Gasteiger partial charge in [0.05, 0.1) is 6.61 Å². The second-order valence-electron chi connectivity index (χ2n) is 4.07. The lowest BCUT2D eigenvalue weighted by atomic mass is 10.1. The van der Waals surface area contributed by atoms with Crippen LogP contribution in [0.25, 0.3) is 0 Å². The van der Waals surface area contributed by atoms with Crippen LogP contribution in [-0.2, 0) is 14.1 Å². The Hall–Kier alpha value is -0.460. The number of hydrogen-bond donors (Lipinski definition) is 4. The molecule has 0 aromatic carbocycles. The highest BCUT2D eigenvalue weighted by molar-refractivity contribution is 7.54. The lowest BCUT2D eigenvalue weighted by Gasteiger charge is -2.23. The van der Waals surface area contributed by atoms with Crippen molar-refractivity contribution in [2.45, 2.75) is 51.0 Å². The molecule has 0 saturated carbocycles.